The van der Waals surface area contributed by atoms with Gasteiger partial charge in [-0.05, 0) is 12.8 Å². The van der Waals surface area contributed by atoms with Crippen molar-refractivity contribution in [3.63, 3.8) is 0 Å². The molecule has 2 aromatic heterocycles. The van der Waals surface area contributed by atoms with Crippen molar-refractivity contribution in [2.75, 3.05) is 5.73 Å². The minimum Gasteiger partial charge on any atom is -0.396 e. The van der Waals surface area contributed by atoms with E-state index in [0.717, 1.165) is 6.42 Å². The zero-order chi connectivity index (χ0) is 14.0. The number of nitrogens with two attached hydrogens (primary N) is 1. The highest BCUT2D eigenvalue weighted by atomic mass is 32.1. The Morgan fingerprint density at radius 2 is 2.11 bits per heavy atom. The normalized spacial score (nSPS) is 14.3. The van der Waals surface area contributed by atoms with Crippen LogP contribution in [0, 0.1) is 5.92 Å². The highest BCUT2D eigenvalue weighted by Gasteiger charge is 2.20. The average Bonchev–Trinajstić information content (AvgIpc) is 2.75. The lowest BCUT2D eigenvalue weighted by atomic mass is 10.0. The average molecular weight is 278 g/mol. The lowest BCUT2D eigenvalue weighted by molar-refractivity contribution is 0.0933. The number of hydrogen-bond acceptors (Lipinski definition) is 5. The molecule has 2 aromatic rings. The van der Waals surface area contributed by atoms with Crippen molar-refractivity contribution >= 4 is 33.3 Å². The largest absolute Gasteiger partial charge is 0.396 e. The van der Waals surface area contributed by atoms with Crippen molar-refractivity contribution < 1.29 is 4.79 Å². The first kappa shape index (κ1) is 13.7. The quantitative estimate of drug-likeness (QED) is 0.900. The van der Waals surface area contributed by atoms with Crippen LogP contribution in [0.3, 0.4) is 0 Å². The molecule has 0 aromatic carbocycles. The summed E-state index contributed by atoms with van der Waals surface area (Å²) in [5.41, 5.74) is 7.00. The highest BCUT2D eigenvalue weighted by Crippen LogP contribution is 2.30. The second kappa shape index (κ2) is 5.52. The summed E-state index contributed by atoms with van der Waals surface area (Å²) in [6.07, 6.45) is 4.20. The van der Waals surface area contributed by atoms with E-state index in [4.69, 9.17) is 5.73 Å². The van der Waals surface area contributed by atoms with E-state index in [-0.39, 0.29) is 11.9 Å². The molecule has 0 radical (unpaired) electrons. The van der Waals surface area contributed by atoms with Crippen LogP contribution in [0.5, 0.6) is 0 Å². The molecule has 1 amide bonds. The molecule has 102 valence electrons. The molecule has 0 bridgehead atoms. The molecule has 0 saturated carbocycles. The van der Waals surface area contributed by atoms with Gasteiger partial charge in [-0.2, -0.15) is 0 Å². The Balaban J connectivity index is 2.24. The van der Waals surface area contributed by atoms with E-state index < -0.39 is 0 Å². The molecule has 2 unspecified atom stereocenters. The number of amides is 1. The van der Waals surface area contributed by atoms with Crippen molar-refractivity contribution in [1.82, 2.24) is 15.3 Å². The van der Waals surface area contributed by atoms with Crippen molar-refractivity contribution in [1.29, 1.82) is 0 Å². The van der Waals surface area contributed by atoms with Crippen molar-refractivity contribution in [3.05, 3.63) is 17.3 Å². The molecule has 0 spiro atoms. The van der Waals surface area contributed by atoms with Crippen LogP contribution in [0.15, 0.2) is 12.4 Å². The van der Waals surface area contributed by atoms with Gasteiger partial charge in [0.1, 0.15) is 15.2 Å². The van der Waals surface area contributed by atoms with E-state index in [1.165, 1.54) is 11.3 Å². The van der Waals surface area contributed by atoms with Gasteiger partial charge in [0.25, 0.3) is 5.91 Å². The van der Waals surface area contributed by atoms with Crippen molar-refractivity contribution in [2.45, 2.75) is 33.2 Å². The molecule has 0 aliphatic carbocycles. The first-order valence-electron chi connectivity index (χ1n) is 6.34. The van der Waals surface area contributed by atoms with Gasteiger partial charge in [-0.15, -0.1) is 11.3 Å². The Morgan fingerprint density at radius 1 is 1.42 bits per heavy atom. The number of carbonyl (C=O) groups is 1. The molecule has 0 fully saturated rings. The fourth-order valence-electron chi connectivity index (χ4n) is 1.78. The van der Waals surface area contributed by atoms with Gasteiger partial charge >= 0.3 is 0 Å². The van der Waals surface area contributed by atoms with Gasteiger partial charge in [0.05, 0.1) is 5.69 Å². The summed E-state index contributed by atoms with van der Waals surface area (Å²) in [6, 6.07) is 0.114. The Labute approximate surface area is 116 Å². The van der Waals surface area contributed by atoms with Gasteiger partial charge < -0.3 is 11.1 Å². The first-order valence-corrected chi connectivity index (χ1v) is 7.16. The number of rotatable bonds is 4. The van der Waals surface area contributed by atoms with Crippen LogP contribution in [0.4, 0.5) is 5.69 Å². The lowest BCUT2D eigenvalue weighted by Crippen LogP contribution is -2.36. The highest BCUT2D eigenvalue weighted by molar-refractivity contribution is 7.21. The summed E-state index contributed by atoms with van der Waals surface area (Å²) in [5, 5.41) is 2.98. The molecule has 5 nitrogen and oxygen atoms in total. The van der Waals surface area contributed by atoms with Crippen LogP contribution < -0.4 is 11.1 Å². The third kappa shape index (κ3) is 2.68. The molecular weight excluding hydrogens is 260 g/mol. The van der Waals surface area contributed by atoms with Crippen LogP contribution >= 0.6 is 11.3 Å². The number of anilines is 1. The van der Waals surface area contributed by atoms with E-state index in [0.29, 0.717) is 26.8 Å². The second-order valence-electron chi connectivity index (χ2n) is 4.70. The molecule has 3 N–H and O–H groups in total. The van der Waals surface area contributed by atoms with Crippen LogP contribution in [-0.4, -0.2) is 21.9 Å². The SMILES string of the molecule is CCC(C)C(C)NC(=O)c1sc2nccnc2c1N. The van der Waals surface area contributed by atoms with Crippen LogP contribution in [0.2, 0.25) is 0 Å². The van der Waals surface area contributed by atoms with E-state index in [1.54, 1.807) is 12.4 Å². The Kier molecular flexibility index (Phi) is 3.99. The molecule has 0 saturated heterocycles. The summed E-state index contributed by atoms with van der Waals surface area (Å²) in [7, 11) is 0. The number of thiophene rings is 1. The molecule has 19 heavy (non-hydrogen) atoms. The maximum atomic E-state index is 12.2. The minimum atomic E-state index is -0.143. The monoisotopic (exact) mass is 278 g/mol. The maximum Gasteiger partial charge on any atom is 0.263 e. The first-order chi connectivity index (χ1) is 9.04. The summed E-state index contributed by atoms with van der Waals surface area (Å²) in [6.45, 7) is 6.23. The summed E-state index contributed by atoms with van der Waals surface area (Å²) < 4.78 is 0. The zero-order valence-corrected chi connectivity index (χ0v) is 12.1. The van der Waals surface area contributed by atoms with Gasteiger partial charge in [-0.1, -0.05) is 20.3 Å². The molecule has 6 heteroatoms. The number of carbonyl (C=O) groups excluding carboxylic acids is 1. The Morgan fingerprint density at radius 3 is 2.74 bits per heavy atom. The van der Waals surface area contributed by atoms with Crippen molar-refractivity contribution in [3.8, 4) is 0 Å². The summed E-state index contributed by atoms with van der Waals surface area (Å²) in [4.78, 5) is 21.8. The number of aromatic nitrogens is 2. The fourth-order valence-corrected chi connectivity index (χ4v) is 2.71. The molecule has 2 atom stereocenters. The molecule has 2 rings (SSSR count). The van der Waals surface area contributed by atoms with Crippen molar-refractivity contribution in [2.24, 2.45) is 5.92 Å². The maximum absolute atomic E-state index is 12.2. The van der Waals surface area contributed by atoms with Crippen LogP contribution in [0.25, 0.3) is 10.3 Å². The van der Waals surface area contributed by atoms with Crippen LogP contribution in [0.1, 0.15) is 36.9 Å². The standard InChI is InChI=1S/C13H18N4OS/c1-4-7(2)8(3)17-12(18)11-9(14)10-13(19-11)16-6-5-15-10/h5-8H,4,14H2,1-3H3,(H,17,18). The van der Waals surface area contributed by atoms with E-state index >= 15 is 0 Å². The minimum absolute atomic E-state index is 0.114. The third-order valence-electron chi connectivity index (χ3n) is 3.43. The number of nitrogens with one attached hydrogen (secondary N) is 1. The molecule has 0 aliphatic heterocycles. The Bertz CT molecular complexity index is 595. The molecule has 2 heterocycles. The van der Waals surface area contributed by atoms with Crippen LogP contribution in [-0.2, 0) is 0 Å². The summed E-state index contributed by atoms with van der Waals surface area (Å²) >= 11 is 1.28. The predicted octanol–water partition coefficient (Wildman–Crippen LogP) is 2.44. The number of nitrogen functional groups attached to an aromatic ring is 1. The summed E-state index contributed by atoms with van der Waals surface area (Å²) in [5.74, 6) is 0.283. The lowest BCUT2D eigenvalue weighted by Gasteiger charge is -2.19. The van der Waals surface area contributed by atoms with Gasteiger partial charge in [0, 0.05) is 18.4 Å². The van der Waals surface area contributed by atoms with E-state index in [2.05, 4.69) is 29.1 Å². The van der Waals surface area contributed by atoms with Gasteiger partial charge in [0.15, 0.2) is 0 Å². The fraction of sp³-hybridized carbons (Fsp3) is 0.462. The van der Waals surface area contributed by atoms with E-state index in [9.17, 15) is 4.79 Å². The van der Waals surface area contributed by atoms with E-state index in [1.807, 2.05) is 6.92 Å². The number of hydrogen-bond donors (Lipinski definition) is 2. The van der Waals surface area contributed by atoms with Gasteiger partial charge in [-0.25, -0.2) is 9.97 Å². The van der Waals surface area contributed by atoms with Gasteiger partial charge in [0.2, 0.25) is 0 Å². The smallest absolute Gasteiger partial charge is 0.263 e. The predicted molar refractivity (Wildman–Crippen MR) is 78.2 cm³/mol. The second-order valence-corrected chi connectivity index (χ2v) is 5.70. The Hall–Kier alpha value is -1.69. The van der Waals surface area contributed by atoms with Gasteiger partial charge in [-0.3, -0.25) is 4.79 Å². The molecule has 0 aliphatic rings. The number of nitrogens with zero attached hydrogens (tertiary/aromatic N) is 2. The zero-order valence-electron chi connectivity index (χ0n) is 11.3. The topological polar surface area (TPSA) is 80.9 Å². The third-order valence-corrected chi connectivity index (χ3v) is 4.53. The number of fused-ring (bicyclic) bond motifs is 1. The molecular formula is C13H18N4OS.